The summed E-state index contributed by atoms with van der Waals surface area (Å²) in [5, 5.41) is 3.85. The summed E-state index contributed by atoms with van der Waals surface area (Å²) >= 11 is 0. The Bertz CT molecular complexity index is 277. The fourth-order valence-electron chi connectivity index (χ4n) is 3.89. The average molecular weight is 251 g/mol. The molecule has 0 radical (unpaired) electrons. The highest BCUT2D eigenvalue weighted by Crippen LogP contribution is 2.33. The van der Waals surface area contributed by atoms with Crippen molar-refractivity contribution >= 4 is 0 Å². The van der Waals surface area contributed by atoms with Gasteiger partial charge in [-0.1, -0.05) is 0 Å². The van der Waals surface area contributed by atoms with Crippen molar-refractivity contribution in [2.24, 2.45) is 5.92 Å². The molecule has 3 nitrogen and oxygen atoms in total. The molecule has 1 N–H and O–H groups in total. The third kappa shape index (κ3) is 3.06. The molecule has 3 aliphatic rings. The zero-order chi connectivity index (χ0) is 12.5. The van der Waals surface area contributed by atoms with Crippen LogP contribution in [-0.4, -0.2) is 61.2 Å². The normalized spacial score (nSPS) is 39.3. The Morgan fingerprint density at radius 2 is 2.00 bits per heavy atom. The molecule has 3 fully saturated rings. The lowest BCUT2D eigenvalue weighted by Gasteiger charge is -2.30. The van der Waals surface area contributed by atoms with Crippen LogP contribution in [0, 0.1) is 5.92 Å². The maximum atomic E-state index is 3.85. The number of hydrogen-bond acceptors (Lipinski definition) is 3. The predicted molar refractivity (Wildman–Crippen MR) is 75.8 cm³/mol. The van der Waals surface area contributed by atoms with Crippen LogP contribution >= 0.6 is 0 Å². The van der Waals surface area contributed by atoms with Gasteiger partial charge in [0.2, 0.25) is 0 Å². The van der Waals surface area contributed by atoms with Gasteiger partial charge in [0.15, 0.2) is 0 Å². The van der Waals surface area contributed by atoms with Crippen LogP contribution in [0.3, 0.4) is 0 Å². The largest absolute Gasteiger partial charge is 0.312 e. The molecule has 3 unspecified atom stereocenters. The number of nitrogens with zero attached hydrogens (tertiary/aromatic N) is 2. The van der Waals surface area contributed by atoms with Crippen LogP contribution in [0.25, 0.3) is 0 Å². The van der Waals surface area contributed by atoms with Gasteiger partial charge < -0.3 is 10.2 Å². The van der Waals surface area contributed by atoms with Crippen LogP contribution in [0.15, 0.2) is 0 Å². The van der Waals surface area contributed by atoms with Crippen molar-refractivity contribution in [1.29, 1.82) is 0 Å². The molecule has 1 saturated carbocycles. The van der Waals surface area contributed by atoms with Gasteiger partial charge >= 0.3 is 0 Å². The third-order valence-corrected chi connectivity index (χ3v) is 5.06. The van der Waals surface area contributed by atoms with Gasteiger partial charge in [0, 0.05) is 31.2 Å². The molecule has 1 aliphatic carbocycles. The smallest absolute Gasteiger partial charge is 0.0210 e. The first kappa shape index (κ1) is 12.9. The second kappa shape index (κ2) is 5.48. The van der Waals surface area contributed by atoms with Crippen LogP contribution in [0.2, 0.25) is 0 Å². The van der Waals surface area contributed by atoms with Gasteiger partial charge in [0.05, 0.1) is 0 Å². The minimum absolute atomic E-state index is 0.757. The molecule has 0 aromatic heterocycles. The van der Waals surface area contributed by atoms with Crippen molar-refractivity contribution in [3.8, 4) is 0 Å². The average Bonchev–Trinajstić information content (AvgIpc) is 3.11. The van der Waals surface area contributed by atoms with E-state index < -0.39 is 0 Å². The molecular weight excluding hydrogens is 222 g/mol. The molecule has 2 saturated heterocycles. The third-order valence-electron chi connectivity index (χ3n) is 5.06. The lowest BCUT2D eigenvalue weighted by molar-refractivity contribution is 0.202. The van der Waals surface area contributed by atoms with Crippen LogP contribution < -0.4 is 5.32 Å². The SMILES string of the molecule is CC1CC(NCC2CCCN(C)C2)CN1C1CC1. The Kier molecular flexibility index (Phi) is 3.92. The molecule has 2 heterocycles. The topological polar surface area (TPSA) is 18.5 Å². The number of nitrogens with one attached hydrogen (secondary N) is 1. The van der Waals surface area contributed by atoms with E-state index in [0.29, 0.717) is 0 Å². The Balaban J connectivity index is 1.40. The minimum Gasteiger partial charge on any atom is -0.312 e. The van der Waals surface area contributed by atoms with E-state index >= 15 is 0 Å². The van der Waals surface area contributed by atoms with Crippen LogP contribution in [0.5, 0.6) is 0 Å². The zero-order valence-electron chi connectivity index (χ0n) is 12.1. The molecule has 0 aromatic rings. The highest BCUT2D eigenvalue weighted by molar-refractivity contribution is 4.96. The Hall–Kier alpha value is -0.120. The summed E-state index contributed by atoms with van der Waals surface area (Å²) in [7, 11) is 2.26. The Labute approximate surface area is 112 Å². The van der Waals surface area contributed by atoms with Gasteiger partial charge in [-0.25, -0.2) is 0 Å². The summed E-state index contributed by atoms with van der Waals surface area (Å²) in [4.78, 5) is 5.23. The van der Waals surface area contributed by atoms with Gasteiger partial charge in [-0.2, -0.15) is 0 Å². The standard InChI is InChI=1S/C15H29N3/c1-12-8-14(11-18(12)15-5-6-15)16-9-13-4-3-7-17(2)10-13/h12-16H,3-11H2,1-2H3. The van der Waals surface area contributed by atoms with Gasteiger partial charge in [0.1, 0.15) is 0 Å². The van der Waals surface area contributed by atoms with Crippen LogP contribution in [-0.2, 0) is 0 Å². The molecule has 18 heavy (non-hydrogen) atoms. The summed E-state index contributed by atoms with van der Waals surface area (Å²) in [5.41, 5.74) is 0. The summed E-state index contributed by atoms with van der Waals surface area (Å²) in [6, 6.07) is 2.50. The first-order valence-electron chi connectivity index (χ1n) is 7.90. The lowest BCUT2D eigenvalue weighted by Crippen LogP contribution is -2.41. The molecule has 0 bridgehead atoms. The fourth-order valence-corrected chi connectivity index (χ4v) is 3.89. The van der Waals surface area contributed by atoms with Gasteiger partial charge in [0.25, 0.3) is 0 Å². The molecular formula is C15H29N3. The van der Waals surface area contributed by atoms with E-state index in [-0.39, 0.29) is 0 Å². The molecule has 0 amide bonds. The van der Waals surface area contributed by atoms with E-state index in [1.54, 1.807) is 0 Å². The van der Waals surface area contributed by atoms with Gasteiger partial charge in [-0.15, -0.1) is 0 Å². The van der Waals surface area contributed by atoms with E-state index in [1.807, 2.05) is 0 Å². The quantitative estimate of drug-likeness (QED) is 0.818. The van der Waals surface area contributed by atoms with Crippen molar-refractivity contribution in [2.75, 3.05) is 33.2 Å². The number of hydrogen-bond donors (Lipinski definition) is 1. The molecule has 0 aromatic carbocycles. The maximum Gasteiger partial charge on any atom is 0.0210 e. The first-order chi connectivity index (χ1) is 8.72. The first-order valence-corrected chi connectivity index (χ1v) is 7.90. The second-order valence-corrected chi connectivity index (χ2v) is 6.89. The highest BCUT2D eigenvalue weighted by atomic mass is 15.3. The van der Waals surface area contributed by atoms with Gasteiger partial charge in [-0.3, -0.25) is 4.90 Å². The molecule has 3 rings (SSSR count). The number of piperidine rings is 1. The van der Waals surface area contributed by atoms with Crippen molar-refractivity contribution in [3.05, 3.63) is 0 Å². The molecule has 0 spiro atoms. The van der Waals surface area contributed by atoms with E-state index in [1.165, 1.54) is 58.3 Å². The summed E-state index contributed by atoms with van der Waals surface area (Å²) in [6.07, 6.45) is 7.07. The predicted octanol–water partition coefficient (Wildman–Crippen LogP) is 1.54. The monoisotopic (exact) mass is 251 g/mol. The van der Waals surface area contributed by atoms with E-state index in [2.05, 4.69) is 29.1 Å². The maximum absolute atomic E-state index is 3.85. The summed E-state index contributed by atoms with van der Waals surface area (Å²) in [5.74, 6) is 0.883. The Morgan fingerprint density at radius 3 is 2.72 bits per heavy atom. The molecule has 3 heteroatoms. The van der Waals surface area contributed by atoms with Crippen molar-refractivity contribution in [1.82, 2.24) is 15.1 Å². The van der Waals surface area contributed by atoms with Crippen molar-refractivity contribution in [3.63, 3.8) is 0 Å². The minimum atomic E-state index is 0.757. The van der Waals surface area contributed by atoms with Gasteiger partial charge in [-0.05, 0) is 65.1 Å². The number of rotatable bonds is 4. The lowest BCUT2D eigenvalue weighted by atomic mass is 9.98. The molecule has 104 valence electrons. The fraction of sp³-hybridized carbons (Fsp3) is 1.00. The van der Waals surface area contributed by atoms with Crippen molar-refractivity contribution in [2.45, 2.75) is 57.2 Å². The zero-order valence-corrected chi connectivity index (χ0v) is 12.1. The van der Waals surface area contributed by atoms with Crippen molar-refractivity contribution < 1.29 is 0 Å². The highest BCUT2D eigenvalue weighted by Gasteiger charge is 2.38. The summed E-state index contributed by atoms with van der Waals surface area (Å²) < 4.78 is 0. The summed E-state index contributed by atoms with van der Waals surface area (Å²) in [6.45, 7) is 7.54. The molecule has 3 atom stereocenters. The number of likely N-dealkylation sites (tertiary alicyclic amines) is 2. The van der Waals surface area contributed by atoms with E-state index in [9.17, 15) is 0 Å². The molecule has 2 aliphatic heterocycles. The van der Waals surface area contributed by atoms with Crippen LogP contribution in [0.4, 0.5) is 0 Å². The van der Waals surface area contributed by atoms with E-state index in [4.69, 9.17) is 0 Å². The van der Waals surface area contributed by atoms with E-state index in [0.717, 1.165) is 24.0 Å². The van der Waals surface area contributed by atoms with Crippen LogP contribution in [0.1, 0.15) is 39.0 Å². The Morgan fingerprint density at radius 1 is 1.17 bits per heavy atom. The second-order valence-electron chi connectivity index (χ2n) is 6.89.